The van der Waals surface area contributed by atoms with E-state index in [0.29, 0.717) is 0 Å². The second-order valence-electron chi connectivity index (χ2n) is 5.00. The SMILES string of the molecule is O=C(CCS(=O)(=O)c1ccc(F)cc1)NNC(=O)c1ccccc1F. The number of carbonyl (C=O) groups excluding carboxylic acids is 2. The van der Waals surface area contributed by atoms with Crippen molar-refractivity contribution in [1.82, 2.24) is 10.9 Å². The van der Waals surface area contributed by atoms with Crippen LogP contribution in [0.3, 0.4) is 0 Å². The molecule has 2 N–H and O–H groups in total. The predicted octanol–water partition coefficient (Wildman–Crippen LogP) is 1.59. The monoisotopic (exact) mass is 368 g/mol. The number of hydrogen-bond donors (Lipinski definition) is 2. The zero-order chi connectivity index (χ0) is 18.4. The molecule has 2 amide bonds. The number of nitrogens with one attached hydrogen (secondary N) is 2. The Morgan fingerprint density at radius 2 is 1.56 bits per heavy atom. The van der Waals surface area contributed by atoms with Crippen LogP contribution in [0.4, 0.5) is 8.78 Å². The molecule has 6 nitrogen and oxygen atoms in total. The fourth-order valence-electron chi connectivity index (χ4n) is 1.89. The fourth-order valence-corrected chi connectivity index (χ4v) is 3.13. The van der Waals surface area contributed by atoms with E-state index in [1.807, 2.05) is 10.9 Å². The molecule has 2 aromatic rings. The Morgan fingerprint density at radius 3 is 2.20 bits per heavy atom. The fraction of sp³-hybridized carbons (Fsp3) is 0.125. The van der Waals surface area contributed by atoms with Crippen molar-refractivity contribution in [3.05, 3.63) is 65.7 Å². The van der Waals surface area contributed by atoms with Gasteiger partial charge in [-0.15, -0.1) is 0 Å². The Labute approximate surface area is 142 Å². The maximum Gasteiger partial charge on any atom is 0.272 e. The van der Waals surface area contributed by atoms with Gasteiger partial charge in [-0.1, -0.05) is 12.1 Å². The summed E-state index contributed by atoms with van der Waals surface area (Å²) in [6.45, 7) is 0. The molecule has 0 fully saturated rings. The van der Waals surface area contributed by atoms with Crippen LogP contribution in [-0.2, 0) is 14.6 Å². The van der Waals surface area contributed by atoms with Crippen molar-refractivity contribution in [2.75, 3.05) is 5.75 Å². The molecule has 132 valence electrons. The number of benzene rings is 2. The standard InChI is InChI=1S/C16H14F2N2O4S/c17-11-5-7-12(8-6-11)25(23,24)10-9-15(21)19-20-16(22)13-3-1-2-4-14(13)18/h1-8H,9-10H2,(H,19,21)(H,20,22). The molecule has 0 saturated carbocycles. The molecule has 0 bridgehead atoms. The van der Waals surface area contributed by atoms with E-state index in [9.17, 15) is 26.8 Å². The zero-order valence-electron chi connectivity index (χ0n) is 12.8. The maximum absolute atomic E-state index is 13.4. The van der Waals surface area contributed by atoms with E-state index in [4.69, 9.17) is 0 Å². The maximum atomic E-state index is 13.4. The molecule has 9 heteroatoms. The summed E-state index contributed by atoms with van der Waals surface area (Å²) < 4.78 is 50.2. The van der Waals surface area contributed by atoms with Crippen molar-refractivity contribution < 1.29 is 26.8 Å². The highest BCUT2D eigenvalue weighted by atomic mass is 32.2. The van der Waals surface area contributed by atoms with Crippen molar-refractivity contribution in [2.24, 2.45) is 0 Å². The quantitative estimate of drug-likeness (QED) is 0.619. The molecule has 0 heterocycles. The average molecular weight is 368 g/mol. The number of rotatable bonds is 5. The van der Waals surface area contributed by atoms with E-state index < -0.39 is 45.5 Å². The summed E-state index contributed by atoms with van der Waals surface area (Å²) in [6.07, 6.45) is -0.433. The predicted molar refractivity (Wildman–Crippen MR) is 85.1 cm³/mol. The molecule has 0 unspecified atom stereocenters. The van der Waals surface area contributed by atoms with Crippen LogP contribution >= 0.6 is 0 Å². The lowest BCUT2D eigenvalue weighted by Crippen LogP contribution is -2.42. The number of sulfone groups is 1. The Bertz CT molecular complexity index is 883. The number of carbonyl (C=O) groups is 2. The summed E-state index contributed by atoms with van der Waals surface area (Å²) in [4.78, 5) is 23.2. The van der Waals surface area contributed by atoms with Crippen molar-refractivity contribution in [3.8, 4) is 0 Å². The van der Waals surface area contributed by atoms with Crippen LogP contribution in [0.25, 0.3) is 0 Å². The molecule has 0 saturated heterocycles. The third-order valence-electron chi connectivity index (χ3n) is 3.20. The third kappa shape index (κ3) is 5.08. The molecule has 0 atom stereocenters. The summed E-state index contributed by atoms with van der Waals surface area (Å²) >= 11 is 0. The lowest BCUT2D eigenvalue weighted by molar-refractivity contribution is -0.121. The third-order valence-corrected chi connectivity index (χ3v) is 4.94. The van der Waals surface area contributed by atoms with Crippen LogP contribution in [0, 0.1) is 11.6 Å². The van der Waals surface area contributed by atoms with E-state index in [2.05, 4.69) is 0 Å². The molecule has 0 spiro atoms. The highest BCUT2D eigenvalue weighted by Crippen LogP contribution is 2.12. The van der Waals surface area contributed by atoms with Crippen LogP contribution in [-0.4, -0.2) is 26.0 Å². The van der Waals surface area contributed by atoms with Gasteiger partial charge in [0.15, 0.2) is 9.84 Å². The van der Waals surface area contributed by atoms with Crippen molar-refractivity contribution >= 4 is 21.7 Å². The molecule has 25 heavy (non-hydrogen) atoms. The Kier molecular flexibility index (Phi) is 5.81. The largest absolute Gasteiger partial charge is 0.273 e. The van der Waals surface area contributed by atoms with Gasteiger partial charge >= 0.3 is 0 Å². The first-order chi connectivity index (χ1) is 11.8. The zero-order valence-corrected chi connectivity index (χ0v) is 13.6. The molecule has 2 aromatic carbocycles. The van der Waals surface area contributed by atoms with Crippen molar-refractivity contribution in [3.63, 3.8) is 0 Å². The summed E-state index contributed by atoms with van der Waals surface area (Å²) in [6, 6.07) is 9.39. The summed E-state index contributed by atoms with van der Waals surface area (Å²) in [5.74, 6) is -3.50. The van der Waals surface area contributed by atoms with Crippen molar-refractivity contribution in [2.45, 2.75) is 11.3 Å². The lowest BCUT2D eigenvalue weighted by atomic mass is 10.2. The van der Waals surface area contributed by atoms with Gasteiger partial charge in [-0.05, 0) is 36.4 Å². The van der Waals surface area contributed by atoms with Gasteiger partial charge in [0.25, 0.3) is 5.91 Å². The number of amides is 2. The van der Waals surface area contributed by atoms with E-state index in [1.54, 1.807) is 0 Å². The van der Waals surface area contributed by atoms with E-state index in [1.165, 1.54) is 18.2 Å². The van der Waals surface area contributed by atoms with E-state index in [-0.39, 0.29) is 10.5 Å². The Balaban J connectivity index is 1.87. The molecular weight excluding hydrogens is 354 g/mol. The molecular formula is C16H14F2N2O4S. The molecule has 2 rings (SSSR count). The first-order valence-electron chi connectivity index (χ1n) is 7.11. The number of halogens is 2. The highest BCUT2D eigenvalue weighted by Gasteiger charge is 2.17. The lowest BCUT2D eigenvalue weighted by Gasteiger charge is -2.08. The molecule has 0 radical (unpaired) electrons. The van der Waals surface area contributed by atoms with Gasteiger partial charge in [-0.3, -0.25) is 20.4 Å². The van der Waals surface area contributed by atoms with Crippen LogP contribution in [0.2, 0.25) is 0 Å². The molecule has 0 aliphatic rings. The minimum absolute atomic E-state index is 0.114. The first kappa shape index (κ1) is 18.5. The molecule has 0 aromatic heterocycles. The molecule has 0 aliphatic carbocycles. The van der Waals surface area contributed by atoms with Crippen LogP contribution in [0.5, 0.6) is 0 Å². The Morgan fingerprint density at radius 1 is 0.920 bits per heavy atom. The normalized spacial score (nSPS) is 11.0. The van der Waals surface area contributed by atoms with Gasteiger partial charge in [-0.2, -0.15) is 0 Å². The average Bonchev–Trinajstić information content (AvgIpc) is 2.59. The second-order valence-corrected chi connectivity index (χ2v) is 7.11. The minimum atomic E-state index is -3.77. The molecule has 0 aliphatic heterocycles. The first-order valence-corrected chi connectivity index (χ1v) is 8.77. The summed E-state index contributed by atoms with van der Waals surface area (Å²) in [5.41, 5.74) is 3.75. The number of hydrogen-bond acceptors (Lipinski definition) is 4. The topological polar surface area (TPSA) is 92.3 Å². The second kappa shape index (κ2) is 7.84. The van der Waals surface area contributed by atoms with Gasteiger partial charge in [-0.25, -0.2) is 17.2 Å². The van der Waals surface area contributed by atoms with E-state index >= 15 is 0 Å². The summed E-state index contributed by atoms with van der Waals surface area (Å²) in [7, 11) is -3.77. The smallest absolute Gasteiger partial charge is 0.272 e. The van der Waals surface area contributed by atoms with Gasteiger partial charge in [0.1, 0.15) is 11.6 Å². The van der Waals surface area contributed by atoms with Gasteiger partial charge in [0.05, 0.1) is 16.2 Å². The van der Waals surface area contributed by atoms with E-state index in [0.717, 1.165) is 30.3 Å². The Hall–Kier alpha value is -2.81. The highest BCUT2D eigenvalue weighted by molar-refractivity contribution is 7.91. The van der Waals surface area contributed by atoms with Crippen LogP contribution in [0.1, 0.15) is 16.8 Å². The number of hydrazine groups is 1. The van der Waals surface area contributed by atoms with Gasteiger partial charge in [0, 0.05) is 6.42 Å². The van der Waals surface area contributed by atoms with Crippen molar-refractivity contribution in [1.29, 1.82) is 0 Å². The minimum Gasteiger partial charge on any atom is -0.273 e. The van der Waals surface area contributed by atoms with Gasteiger partial charge in [0.2, 0.25) is 5.91 Å². The summed E-state index contributed by atoms with van der Waals surface area (Å²) in [5, 5.41) is 0. The van der Waals surface area contributed by atoms with Crippen LogP contribution in [0.15, 0.2) is 53.4 Å². The van der Waals surface area contributed by atoms with Gasteiger partial charge < -0.3 is 0 Å². The van der Waals surface area contributed by atoms with Crippen LogP contribution < -0.4 is 10.9 Å².